The molecule has 0 fully saturated rings. The molecule has 30 heavy (non-hydrogen) atoms. The van der Waals surface area contributed by atoms with Gasteiger partial charge in [-0.1, -0.05) is 38.5 Å². The van der Waals surface area contributed by atoms with Crippen molar-refractivity contribution in [3.05, 3.63) is 22.9 Å². The second-order valence-electron chi connectivity index (χ2n) is 7.07. The maximum Gasteiger partial charge on any atom is 0.316 e. The van der Waals surface area contributed by atoms with Crippen LogP contribution in [0, 0.1) is 25.2 Å². The fourth-order valence-corrected chi connectivity index (χ4v) is 7.02. The number of carbonyl (C=O) groups is 1. The van der Waals surface area contributed by atoms with Crippen molar-refractivity contribution in [2.45, 2.75) is 63.7 Å². The van der Waals surface area contributed by atoms with E-state index >= 15 is 0 Å². The molecule has 0 aliphatic rings. The Balaban J connectivity index is 2.67. The van der Waals surface area contributed by atoms with Gasteiger partial charge in [0.05, 0.1) is 16.6 Å². The minimum atomic E-state index is -1.18. The van der Waals surface area contributed by atoms with Crippen molar-refractivity contribution in [1.82, 2.24) is 4.98 Å². The van der Waals surface area contributed by atoms with Gasteiger partial charge in [-0.25, -0.2) is 4.98 Å². The van der Waals surface area contributed by atoms with Gasteiger partial charge in [-0.15, -0.1) is 0 Å². The quantitative estimate of drug-likeness (QED) is 0.301. The van der Waals surface area contributed by atoms with Crippen LogP contribution in [0.4, 0.5) is 0 Å². The Labute approximate surface area is 189 Å². The van der Waals surface area contributed by atoms with Gasteiger partial charge in [-0.05, 0) is 38.3 Å². The van der Waals surface area contributed by atoms with Gasteiger partial charge in [0, 0.05) is 44.6 Å². The predicted molar refractivity (Wildman–Crippen MR) is 125 cm³/mol. The maximum atomic E-state index is 12.6. The van der Waals surface area contributed by atoms with E-state index in [2.05, 4.69) is 11.1 Å². The number of rotatable bonds is 14. The van der Waals surface area contributed by atoms with Crippen LogP contribution in [0.1, 0.15) is 56.4 Å². The van der Waals surface area contributed by atoms with E-state index in [1.807, 2.05) is 33.8 Å². The smallest absolute Gasteiger partial charge is 0.316 e. The number of aryl methyl sites for hydroxylation is 2. The molecule has 0 saturated carbocycles. The lowest BCUT2D eigenvalue weighted by molar-refractivity contribution is -0.140. The van der Waals surface area contributed by atoms with Gasteiger partial charge in [0.25, 0.3) is 0 Å². The molecule has 6 nitrogen and oxygen atoms in total. The highest BCUT2D eigenvalue weighted by molar-refractivity contribution is 7.99. The summed E-state index contributed by atoms with van der Waals surface area (Å²) in [5, 5.41) is 9.42. The van der Waals surface area contributed by atoms with Crippen molar-refractivity contribution in [2.24, 2.45) is 0 Å². The third kappa shape index (κ3) is 9.71. The highest BCUT2D eigenvalue weighted by atomic mass is 32.2. The Bertz CT molecular complexity index is 793. The number of carbonyl (C=O) groups excluding carboxylic acids is 1. The lowest BCUT2D eigenvalue weighted by Crippen LogP contribution is -2.31. The molecule has 0 saturated heterocycles. The molecule has 0 amide bonds. The molecule has 0 N–H and O–H groups in total. The second kappa shape index (κ2) is 14.7. The van der Waals surface area contributed by atoms with Crippen LogP contribution in [0.25, 0.3) is 0 Å². The number of hydrogen-bond acceptors (Lipinski definition) is 7. The number of ether oxygens (including phenoxy) is 1. The normalized spacial score (nSPS) is 14.0. The predicted octanol–water partition coefficient (Wildman–Crippen LogP) is 3.67. The third-order valence-corrected chi connectivity index (χ3v) is 8.76. The standard InChI is InChI=1S/C21H32N2O4S3/c1-5-7-9-29(25)15-18(30(26)10-8-6-2)13-27-20(24)14-28-21-19(12-22)16(3)11-17(4)23-21/h11,18H,5-10,13-15H2,1-4H3. The zero-order valence-electron chi connectivity index (χ0n) is 18.3. The zero-order chi connectivity index (χ0) is 22.5. The minimum absolute atomic E-state index is 0.00103. The van der Waals surface area contributed by atoms with Crippen LogP contribution in [0.15, 0.2) is 11.1 Å². The van der Waals surface area contributed by atoms with E-state index in [-0.39, 0.29) is 18.1 Å². The van der Waals surface area contributed by atoms with Crippen molar-refractivity contribution in [3.8, 4) is 6.07 Å². The van der Waals surface area contributed by atoms with Crippen molar-refractivity contribution < 1.29 is 17.9 Å². The molecule has 168 valence electrons. The molecule has 0 bridgehead atoms. The number of nitriles is 1. The summed E-state index contributed by atoms with van der Waals surface area (Å²) in [6.07, 6.45) is 3.57. The molecule has 3 atom stereocenters. The number of hydrogen-bond donors (Lipinski definition) is 0. The van der Waals surface area contributed by atoms with Crippen LogP contribution in [0.2, 0.25) is 0 Å². The van der Waals surface area contributed by atoms with Gasteiger partial charge in [0.1, 0.15) is 17.7 Å². The van der Waals surface area contributed by atoms with Crippen molar-refractivity contribution in [2.75, 3.05) is 29.6 Å². The highest BCUT2D eigenvalue weighted by Gasteiger charge is 2.22. The van der Waals surface area contributed by atoms with Crippen LogP contribution in [-0.2, 0) is 31.1 Å². The van der Waals surface area contributed by atoms with Crippen LogP contribution in [-0.4, -0.2) is 54.2 Å². The summed E-state index contributed by atoms with van der Waals surface area (Å²) < 4.78 is 30.2. The third-order valence-electron chi connectivity index (χ3n) is 4.35. The summed E-state index contributed by atoms with van der Waals surface area (Å²) in [6.45, 7) is 7.74. The average molecular weight is 473 g/mol. The Kier molecular flexibility index (Phi) is 13.1. The fraction of sp³-hybridized carbons (Fsp3) is 0.667. The molecule has 0 aliphatic carbocycles. The summed E-state index contributed by atoms with van der Waals surface area (Å²) in [4.78, 5) is 16.6. The Hall–Kier alpha value is -1.24. The summed E-state index contributed by atoms with van der Waals surface area (Å²) in [5.41, 5.74) is 2.06. The van der Waals surface area contributed by atoms with Gasteiger partial charge in [-0.3, -0.25) is 13.2 Å². The van der Waals surface area contributed by atoms with E-state index < -0.39 is 32.8 Å². The van der Waals surface area contributed by atoms with E-state index in [4.69, 9.17) is 4.74 Å². The monoisotopic (exact) mass is 472 g/mol. The largest absolute Gasteiger partial charge is 0.464 e. The van der Waals surface area contributed by atoms with Crippen LogP contribution < -0.4 is 0 Å². The van der Waals surface area contributed by atoms with Crippen molar-refractivity contribution in [3.63, 3.8) is 0 Å². The molecule has 0 aromatic carbocycles. The molecule has 3 unspecified atom stereocenters. The molecule has 0 spiro atoms. The van der Waals surface area contributed by atoms with Gasteiger partial charge < -0.3 is 4.74 Å². The van der Waals surface area contributed by atoms with E-state index in [1.54, 1.807) is 0 Å². The molecular formula is C21H32N2O4S3. The van der Waals surface area contributed by atoms with Gasteiger partial charge >= 0.3 is 5.97 Å². The molecule has 0 radical (unpaired) electrons. The number of pyridine rings is 1. The second-order valence-corrected chi connectivity index (χ2v) is 11.5. The first-order valence-corrected chi connectivity index (χ1v) is 14.1. The molecule has 1 aromatic rings. The topological polar surface area (TPSA) is 97.1 Å². The van der Waals surface area contributed by atoms with Crippen LogP contribution in [0.5, 0.6) is 0 Å². The zero-order valence-corrected chi connectivity index (χ0v) is 20.7. The maximum absolute atomic E-state index is 12.6. The number of esters is 1. The van der Waals surface area contributed by atoms with E-state index in [1.165, 1.54) is 0 Å². The number of thioether (sulfide) groups is 1. The van der Waals surface area contributed by atoms with Gasteiger partial charge in [-0.2, -0.15) is 5.26 Å². The lowest BCUT2D eigenvalue weighted by Gasteiger charge is -2.16. The van der Waals surface area contributed by atoms with E-state index in [0.717, 1.165) is 48.7 Å². The highest BCUT2D eigenvalue weighted by Crippen LogP contribution is 2.23. The first kappa shape index (κ1) is 26.8. The molecular weight excluding hydrogens is 440 g/mol. The lowest BCUT2D eigenvalue weighted by atomic mass is 10.1. The number of aromatic nitrogens is 1. The Morgan fingerprint density at radius 2 is 1.90 bits per heavy atom. The minimum Gasteiger partial charge on any atom is -0.464 e. The Morgan fingerprint density at radius 3 is 2.53 bits per heavy atom. The first-order chi connectivity index (χ1) is 14.3. The molecule has 1 rings (SSSR count). The molecule has 0 aliphatic heterocycles. The molecule has 1 aromatic heterocycles. The summed E-state index contributed by atoms with van der Waals surface area (Å²) >= 11 is 1.16. The van der Waals surface area contributed by atoms with Crippen molar-refractivity contribution >= 4 is 39.3 Å². The fourth-order valence-electron chi connectivity index (χ4n) is 2.65. The van der Waals surface area contributed by atoms with Crippen LogP contribution >= 0.6 is 11.8 Å². The molecule has 1 heterocycles. The SMILES string of the molecule is CCCCS(=O)CC(COC(=O)CSc1nc(C)cc(C)c1C#N)S(=O)CCCC. The Morgan fingerprint density at radius 1 is 1.23 bits per heavy atom. The summed E-state index contributed by atoms with van der Waals surface area (Å²) in [5.74, 6) is 0.945. The first-order valence-electron chi connectivity index (χ1n) is 10.2. The van der Waals surface area contributed by atoms with Gasteiger partial charge in [0.2, 0.25) is 0 Å². The van der Waals surface area contributed by atoms with Crippen molar-refractivity contribution in [1.29, 1.82) is 5.26 Å². The molecule has 9 heteroatoms. The summed E-state index contributed by atoms with van der Waals surface area (Å²) in [6, 6.07) is 3.96. The average Bonchev–Trinajstić information content (AvgIpc) is 2.71. The van der Waals surface area contributed by atoms with Gasteiger partial charge in [0.15, 0.2) is 0 Å². The van der Waals surface area contributed by atoms with E-state index in [9.17, 15) is 18.5 Å². The number of nitrogens with zero attached hydrogens (tertiary/aromatic N) is 2. The summed E-state index contributed by atoms with van der Waals surface area (Å²) in [7, 11) is -2.25. The van der Waals surface area contributed by atoms with E-state index in [0.29, 0.717) is 22.1 Å². The van der Waals surface area contributed by atoms with Crippen LogP contribution in [0.3, 0.4) is 0 Å². The number of unbranched alkanes of at least 4 members (excludes halogenated alkanes) is 2.